The summed E-state index contributed by atoms with van der Waals surface area (Å²) in [5, 5.41) is 0. The van der Waals surface area contributed by atoms with Gasteiger partial charge in [-0.1, -0.05) is 48.5 Å². The lowest BCUT2D eigenvalue weighted by molar-refractivity contribution is 0.0512. The molecule has 0 aromatic heterocycles. The summed E-state index contributed by atoms with van der Waals surface area (Å²) in [4.78, 5) is 26.2. The lowest BCUT2D eigenvalue weighted by atomic mass is 10.2. The number of hydrogen-bond donors (Lipinski definition) is 0. The van der Waals surface area contributed by atoms with E-state index in [9.17, 15) is 9.59 Å². The van der Waals surface area contributed by atoms with Crippen LogP contribution in [0.2, 0.25) is 0 Å². The van der Waals surface area contributed by atoms with Gasteiger partial charge in [0, 0.05) is 21.3 Å². The highest BCUT2D eigenvalue weighted by molar-refractivity contribution is 7.98. The molecule has 0 N–H and O–H groups in total. The molecule has 0 aliphatic carbocycles. The molecule has 0 bridgehead atoms. The van der Waals surface area contributed by atoms with Crippen LogP contribution >= 0.6 is 23.5 Å². The molecule has 0 fully saturated rings. The Labute approximate surface area is 197 Å². The van der Waals surface area contributed by atoms with Crippen LogP contribution in [0.15, 0.2) is 82.6 Å². The summed E-state index contributed by atoms with van der Waals surface area (Å²) < 4.78 is 10.3. The lowest BCUT2D eigenvalue weighted by Gasteiger charge is -2.10. The molecule has 32 heavy (non-hydrogen) atoms. The maximum atomic E-state index is 12.2. The van der Waals surface area contributed by atoms with Gasteiger partial charge in [0.2, 0.25) is 0 Å². The second-order valence-electron chi connectivity index (χ2n) is 6.83. The molecule has 0 radical (unpaired) electrons. The largest absolute Gasteiger partial charge is 0.462 e. The summed E-state index contributed by atoms with van der Waals surface area (Å²) in [7, 11) is 0. The van der Waals surface area contributed by atoms with E-state index < -0.39 is 0 Å². The number of benzene rings is 3. The van der Waals surface area contributed by atoms with Gasteiger partial charge in [-0.2, -0.15) is 0 Å². The van der Waals surface area contributed by atoms with Crippen LogP contribution in [0.5, 0.6) is 0 Å². The normalized spacial score (nSPS) is 10.6. The Hall–Kier alpha value is -2.70. The van der Waals surface area contributed by atoms with E-state index in [0.717, 1.165) is 21.3 Å². The van der Waals surface area contributed by atoms with Crippen molar-refractivity contribution in [1.82, 2.24) is 0 Å². The molecule has 166 valence electrons. The van der Waals surface area contributed by atoms with Crippen molar-refractivity contribution in [2.75, 3.05) is 13.2 Å². The zero-order valence-electron chi connectivity index (χ0n) is 18.2. The highest BCUT2D eigenvalue weighted by Gasteiger charge is 2.14. The van der Waals surface area contributed by atoms with Gasteiger partial charge in [-0.25, -0.2) is 9.59 Å². The molecule has 3 aromatic rings. The van der Waals surface area contributed by atoms with Crippen LogP contribution in [0.1, 0.15) is 45.7 Å². The summed E-state index contributed by atoms with van der Waals surface area (Å²) in [5.74, 6) is 0.907. The molecule has 6 heteroatoms. The van der Waals surface area contributed by atoms with Gasteiger partial charge < -0.3 is 9.47 Å². The van der Waals surface area contributed by atoms with Crippen molar-refractivity contribution in [3.8, 4) is 0 Å². The first-order valence-electron chi connectivity index (χ1n) is 10.5. The van der Waals surface area contributed by atoms with E-state index in [1.54, 1.807) is 35.7 Å². The molecule has 0 aliphatic heterocycles. The minimum atomic E-state index is -0.291. The van der Waals surface area contributed by atoms with E-state index in [1.807, 2.05) is 56.3 Å². The van der Waals surface area contributed by atoms with E-state index in [4.69, 9.17) is 9.47 Å². The Morgan fingerprint density at radius 2 is 1.09 bits per heavy atom. The van der Waals surface area contributed by atoms with Crippen LogP contribution in [0, 0.1) is 0 Å². The Morgan fingerprint density at radius 3 is 1.53 bits per heavy atom. The van der Waals surface area contributed by atoms with Gasteiger partial charge in [-0.05, 0) is 49.2 Å². The third kappa shape index (κ3) is 6.65. The van der Waals surface area contributed by atoms with E-state index >= 15 is 0 Å². The Kier molecular flexibility index (Phi) is 9.26. The van der Waals surface area contributed by atoms with Crippen LogP contribution < -0.4 is 0 Å². The van der Waals surface area contributed by atoms with Crippen molar-refractivity contribution in [3.05, 3.63) is 95.1 Å². The third-order valence-electron chi connectivity index (χ3n) is 4.54. The Morgan fingerprint density at radius 1 is 0.656 bits per heavy atom. The molecule has 0 atom stereocenters. The average molecular weight is 467 g/mol. The van der Waals surface area contributed by atoms with Crippen molar-refractivity contribution in [2.45, 2.75) is 35.1 Å². The lowest BCUT2D eigenvalue weighted by Crippen LogP contribution is -2.06. The number of hydrogen-bond acceptors (Lipinski definition) is 6. The molecular formula is C26H26O4S2. The van der Waals surface area contributed by atoms with Gasteiger partial charge in [0.25, 0.3) is 0 Å². The summed E-state index contributed by atoms with van der Waals surface area (Å²) >= 11 is 3.24. The molecule has 0 heterocycles. The number of carbonyl (C=O) groups is 2. The summed E-state index contributed by atoms with van der Waals surface area (Å²) in [5.41, 5.74) is 3.54. The van der Waals surface area contributed by atoms with Crippen LogP contribution in [0.4, 0.5) is 0 Å². The first-order chi connectivity index (χ1) is 15.6. The predicted octanol–water partition coefficient (Wildman–Crippen LogP) is 6.62. The molecule has 0 saturated carbocycles. The molecule has 0 unspecified atom stereocenters. The fraction of sp³-hybridized carbons (Fsp3) is 0.231. The summed E-state index contributed by atoms with van der Waals surface area (Å²) in [6, 6.07) is 23.4. The maximum absolute atomic E-state index is 12.2. The van der Waals surface area contributed by atoms with E-state index in [-0.39, 0.29) is 11.9 Å². The van der Waals surface area contributed by atoms with Crippen molar-refractivity contribution in [1.29, 1.82) is 0 Å². The Bertz CT molecular complexity index is 984. The average Bonchev–Trinajstić information content (AvgIpc) is 2.82. The van der Waals surface area contributed by atoms with Gasteiger partial charge in [-0.3, -0.25) is 0 Å². The smallest absolute Gasteiger partial charge is 0.339 e. The standard InChI is InChI=1S/C26H26O4S2/c1-3-29-25(27)21-12-5-7-14-23(21)31-17-19-10-9-11-20(16-19)18-32-24-15-8-6-13-22(24)26(28)30-4-2/h5-16H,3-4,17-18H2,1-2H3. The quantitative estimate of drug-likeness (QED) is 0.247. The minimum Gasteiger partial charge on any atom is -0.462 e. The van der Waals surface area contributed by atoms with Crippen molar-refractivity contribution < 1.29 is 19.1 Å². The van der Waals surface area contributed by atoms with E-state index in [0.29, 0.717) is 24.3 Å². The summed E-state index contributed by atoms with van der Waals surface area (Å²) in [6.07, 6.45) is 0. The van der Waals surface area contributed by atoms with Gasteiger partial charge >= 0.3 is 11.9 Å². The number of carbonyl (C=O) groups excluding carboxylic acids is 2. The number of rotatable bonds is 10. The van der Waals surface area contributed by atoms with Crippen LogP contribution in [-0.4, -0.2) is 25.2 Å². The SMILES string of the molecule is CCOC(=O)c1ccccc1SCc1cccc(CSc2ccccc2C(=O)OCC)c1. The molecule has 0 saturated heterocycles. The van der Waals surface area contributed by atoms with Crippen LogP contribution in [0.3, 0.4) is 0 Å². The zero-order valence-corrected chi connectivity index (χ0v) is 19.8. The molecule has 0 aliphatic rings. The molecule has 0 amide bonds. The van der Waals surface area contributed by atoms with Crippen molar-refractivity contribution >= 4 is 35.5 Å². The highest BCUT2D eigenvalue weighted by atomic mass is 32.2. The zero-order chi connectivity index (χ0) is 22.8. The minimum absolute atomic E-state index is 0.291. The van der Waals surface area contributed by atoms with Gasteiger partial charge in [0.15, 0.2) is 0 Å². The first kappa shape index (κ1) is 24.0. The Balaban J connectivity index is 1.65. The predicted molar refractivity (Wildman–Crippen MR) is 130 cm³/mol. The second-order valence-corrected chi connectivity index (χ2v) is 8.86. The van der Waals surface area contributed by atoms with E-state index in [2.05, 4.69) is 18.2 Å². The van der Waals surface area contributed by atoms with Crippen LogP contribution in [-0.2, 0) is 21.0 Å². The topological polar surface area (TPSA) is 52.6 Å². The molecular weight excluding hydrogens is 440 g/mol. The van der Waals surface area contributed by atoms with Gasteiger partial charge in [0.05, 0.1) is 24.3 Å². The fourth-order valence-electron chi connectivity index (χ4n) is 3.07. The van der Waals surface area contributed by atoms with Crippen molar-refractivity contribution in [2.24, 2.45) is 0 Å². The van der Waals surface area contributed by atoms with Gasteiger partial charge in [0.1, 0.15) is 0 Å². The molecule has 0 spiro atoms. The number of thioether (sulfide) groups is 2. The first-order valence-corrected chi connectivity index (χ1v) is 12.4. The van der Waals surface area contributed by atoms with E-state index in [1.165, 1.54) is 11.1 Å². The van der Waals surface area contributed by atoms with Crippen molar-refractivity contribution in [3.63, 3.8) is 0 Å². The molecule has 4 nitrogen and oxygen atoms in total. The summed E-state index contributed by atoms with van der Waals surface area (Å²) in [6.45, 7) is 4.33. The number of esters is 2. The number of ether oxygens (including phenoxy) is 2. The highest BCUT2D eigenvalue weighted by Crippen LogP contribution is 2.30. The maximum Gasteiger partial charge on any atom is 0.339 e. The van der Waals surface area contributed by atoms with Gasteiger partial charge in [-0.15, -0.1) is 23.5 Å². The van der Waals surface area contributed by atoms with Crippen LogP contribution in [0.25, 0.3) is 0 Å². The molecule has 3 rings (SSSR count). The third-order valence-corrected chi connectivity index (χ3v) is 6.83. The fourth-order valence-corrected chi connectivity index (χ4v) is 5.04. The second kappa shape index (κ2) is 12.4. The molecule has 3 aromatic carbocycles. The monoisotopic (exact) mass is 466 g/mol.